The maximum atomic E-state index is 12.6. The number of nitrogens with two attached hydrogens (primary N) is 1. The van der Waals surface area contributed by atoms with E-state index in [-0.39, 0.29) is 53.8 Å². The van der Waals surface area contributed by atoms with Crippen LogP contribution in [0.15, 0.2) is 24.8 Å². The molecule has 1 aliphatic rings. The lowest BCUT2D eigenvalue weighted by Crippen LogP contribution is -2.46. The molecule has 0 aliphatic carbocycles. The number of imidazole rings is 1. The number of carboxylic acid groups (broad SMARTS) is 1. The SMILES string of the molecule is CC(C)(COP(=O)([O-])OP(=O)([O-])OC[C@H]1O[C@@H](n2cnc3c(N)ncnc32)[C@H](O)[C@@H]1OP(=O)([O-])[O-])[C@@H](O)C(=O)NCCC(=O)NCCSC(=O)/C=C/CCCCCCCCC(=O)[O-]. The monoisotopic (exact) mass is 972 g/mol. The summed E-state index contributed by atoms with van der Waals surface area (Å²) in [6, 6.07) is 0. The number of hydrogen-bond acceptors (Lipinski definition) is 24. The molecule has 7 atom stereocenters. The number of nitrogens with zero attached hydrogens (tertiary/aromatic N) is 4. The van der Waals surface area contributed by atoms with Crippen LogP contribution < -0.4 is 41.0 Å². The highest BCUT2D eigenvalue weighted by atomic mass is 32.2. The lowest BCUT2D eigenvalue weighted by Gasteiger charge is -2.36. The van der Waals surface area contributed by atoms with Gasteiger partial charge in [-0.25, -0.2) is 19.3 Å². The first-order valence-corrected chi connectivity index (χ1v) is 24.6. The van der Waals surface area contributed by atoms with Crippen molar-refractivity contribution in [3.8, 4) is 0 Å². The summed E-state index contributed by atoms with van der Waals surface area (Å²) in [4.78, 5) is 107. The zero-order chi connectivity index (χ0) is 47.0. The number of nitrogens with one attached hydrogen (secondary N) is 2. The van der Waals surface area contributed by atoms with Crippen LogP contribution in [-0.4, -0.2) is 109 Å². The Morgan fingerprint density at radius 2 is 1.65 bits per heavy atom. The molecule has 0 spiro atoms. The van der Waals surface area contributed by atoms with Gasteiger partial charge in [-0.15, -0.1) is 0 Å². The van der Waals surface area contributed by atoms with Gasteiger partial charge < -0.3 is 78.9 Å². The number of thioether (sulfide) groups is 1. The predicted octanol–water partition coefficient (Wildman–Crippen LogP) is -2.44. The van der Waals surface area contributed by atoms with Gasteiger partial charge in [0.15, 0.2) is 17.7 Å². The third-order valence-electron chi connectivity index (χ3n) is 8.98. The zero-order valence-corrected chi connectivity index (χ0v) is 37.5. The van der Waals surface area contributed by atoms with E-state index < -0.39 is 90.5 Å². The van der Waals surface area contributed by atoms with E-state index in [1.807, 2.05) is 0 Å². The van der Waals surface area contributed by atoms with Gasteiger partial charge >= 0.3 is 0 Å². The fraction of sp³-hybridized carbons (Fsp3) is 0.667. The average Bonchev–Trinajstić information content (AvgIpc) is 3.75. The standard InChI is InChI=1S/C33H54N7O19P3S/c1-33(2,28(46)31(47)36-14-13-22(41)35-15-16-63-24(44)12-10-8-6-4-3-5-7-9-11-23(42)43)18-56-62(53,54)59-61(51,52)55-17-21-27(58-60(48,49)50)26(45)32(57-21)40-20-39-25-29(34)37-19-38-30(25)40/h10,12,19-21,26-28,32,45-46H,3-9,11,13-18H2,1-2H3,(H,35,41)(H,36,47)(H,42,43)(H,51,52)(H,53,54)(H2,34,37,38)(H2,48,49,50)/p-5/b12-10+/t21-,26-,27-,28+,32-/m1/s1. The molecule has 2 aromatic rings. The third-order valence-corrected chi connectivity index (χ3v) is 12.8. The lowest BCUT2D eigenvalue weighted by molar-refractivity contribution is -0.347. The van der Waals surface area contributed by atoms with Gasteiger partial charge in [0.2, 0.25) is 16.9 Å². The van der Waals surface area contributed by atoms with Gasteiger partial charge in [0.25, 0.3) is 15.6 Å². The first kappa shape index (κ1) is 54.1. The van der Waals surface area contributed by atoms with Gasteiger partial charge in [0, 0.05) is 36.6 Å². The van der Waals surface area contributed by atoms with Crippen molar-refractivity contribution in [3.63, 3.8) is 0 Å². The van der Waals surface area contributed by atoms with Crippen LogP contribution in [0.4, 0.5) is 5.82 Å². The van der Waals surface area contributed by atoms with Crippen LogP contribution in [0, 0.1) is 5.41 Å². The minimum absolute atomic E-state index is 0.0281. The number of nitrogen functional groups attached to an aromatic ring is 1. The molecule has 6 N–H and O–H groups in total. The number of amides is 2. The highest BCUT2D eigenvalue weighted by Gasteiger charge is 2.47. The Hall–Kier alpha value is -3.23. The number of phosphoric acid groups is 3. The van der Waals surface area contributed by atoms with Crippen molar-refractivity contribution in [2.75, 3.05) is 37.8 Å². The van der Waals surface area contributed by atoms with Gasteiger partial charge in [0.1, 0.15) is 36.3 Å². The van der Waals surface area contributed by atoms with Crippen molar-refractivity contribution >= 4 is 75.1 Å². The molecule has 0 bridgehead atoms. The summed E-state index contributed by atoms with van der Waals surface area (Å²) in [5.41, 5.74) is 4.04. The van der Waals surface area contributed by atoms with E-state index in [2.05, 4.69) is 43.5 Å². The molecule has 1 fully saturated rings. The molecule has 63 heavy (non-hydrogen) atoms. The molecule has 26 nitrogen and oxygen atoms in total. The van der Waals surface area contributed by atoms with Crippen molar-refractivity contribution in [2.24, 2.45) is 5.41 Å². The summed E-state index contributed by atoms with van der Waals surface area (Å²) < 4.78 is 60.6. The largest absolute Gasteiger partial charge is 0.790 e. The number of aliphatic carboxylic acids is 1. The summed E-state index contributed by atoms with van der Waals surface area (Å²) in [7, 11) is -17.6. The molecule has 0 saturated carbocycles. The van der Waals surface area contributed by atoms with E-state index in [4.69, 9.17) is 10.5 Å². The van der Waals surface area contributed by atoms with Crippen molar-refractivity contribution in [2.45, 2.75) is 102 Å². The molecule has 2 unspecified atom stereocenters. The molecule has 2 aromatic heterocycles. The fourth-order valence-electron chi connectivity index (χ4n) is 5.73. The summed E-state index contributed by atoms with van der Waals surface area (Å²) in [6.07, 6.45) is 1.53. The molecule has 30 heteroatoms. The van der Waals surface area contributed by atoms with Gasteiger partial charge in [0.05, 0.1) is 27.4 Å². The van der Waals surface area contributed by atoms with E-state index in [1.54, 1.807) is 6.08 Å². The molecule has 0 aromatic carbocycles. The Morgan fingerprint density at radius 1 is 0.984 bits per heavy atom. The number of aliphatic hydroxyl groups is 2. The van der Waals surface area contributed by atoms with Crippen molar-refractivity contribution in [1.82, 2.24) is 30.2 Å². The quantitative estimate of drug-likeness (QED) is 0.0321. The molecular formula is C33H49N7O19P3S-5. The number of fused-ring (bicyclic) bond motifs is 1. The minimum Gasteiger partial charge on any atom is -0.790 e. The Morgan fingerprint density at radius 3 is 2.33 bits per heavy atom. The summed E-state index contributed by atoms with van der Waals surface area (Å²) in [5, 5.41) is 36.5. The zero-order valence-electron chi connectivity index (χ0n) is 34.0. The minimum atomic E-state index is -5.93. The first-order valence-electron chi connectivity index (χ1n) is 19.3. The summed E-state index contributed by atoms with van der Waals surface area (Å²) in [6.45, 7) is -0.0139. The number of allylic oxidation sites excluding steroid dienone is 1. The van der Waals surface area contributed by atoms with Gasteiger partial charge in [-0.3, -0.25) is 28.1 Å². The van der Waals surface area contributed by atoms with Crippen molar-refractivity contribution in [3.05, 3.63) is 24.8 Å². The number of phosphoric ester groups is 3. The number of ether oxygens (including phenoxy) is 1. The second kappa shape index (κ2) is 24.9. The molecule has 1 aliphatic heterocycles. The molecule has 0 radical (unpaired) electrons. The Balaban J connectivity index is 1.37. The number of hydrogen-bond donors (Lipinski definition) is 5. The van der Waals surface area contributed by atoms with Crippen LogP contribution in [0.1, 0.15) is 77.9 Å². The number of rotatable bonds is 29. The van der Waals surface area contributed by atoms with Crippen LogP contribution in [0.3, 0.4) is 0 Å². The molecule has 356 valence electrons. The number of carbonyl (C=O) groups excluding carboxylic acids is 4. The fourth-order valence-corrected chi connectivity index (χ4v) is 9.06. The summed E-state index contributed by atoms with van der Waals surface area (Å²) in [5.74, 6) is -2.36. The topological polar surface area (TPSA) is 415 Å². The van der Waals surface area contributed by atoms with Crippen LogP contribution in [0.2, 0.25) is 0 Å². The highest BCUT2D eigenvalue weighted by Crippen LogP contribution is 2.56. The van der Waals surface area contributed by atoms with Gasteiger partial charge in [-0.05, 0) is 31.8 Å². The maximum absolute atomic E-state index is 12.6. The number of carboxylic acids is 1. The van der Waals surface area contributed by atoms with Crippen molar-refractivity contribution < 1.29 is 90.4 Å². The molecular weight excluding hydrogens is 923 g/mol. The lowest BCUT2D eigenvalue weighted by atomic mass is 9.87. The van der Waals surface area contributed by atoms with Crippen LogP contribution in [0.5, 0.6) is 0 Å². The number of carbonyl (C=O) groups is 4. The molecule has 3 rings (SSSR count). The number of anilines is 1. The van der Waals surface area contributed by atoms with Gasteiger partial charge in [-0.2, -0.15) is 0 Å². The summed E-state index contributed by atoms with van der Waals surface area (Å²) >= 11 is 0.998. The van der Waals surface area contributed by atoms with E-state index >= 15 is 0 Å². The van der Waals surface area contributed by atoms with Crippen LogP contribution in [0.25, 0.3) is 11.2 Å². The van der Waals surface area contributed by atoms with Crippen molar-refractivity contribution in [1.29, 1.82) is 0 Å². The van der Waals surface area contributed by atoms with E-state index in [0.717, 1.165) is 67.5 Å². The smallest absolute Gasteiger partial charge is 0.274 e. The van der Waals surface area contributed by atoms with E-state index in [1.165, 1.54) is 19.9 Å². The number of aromatic nitrogens is 4. The third kappa shape index (κ3) is 19.0. The number of unbranched alkanes of at least 4 members (excludes halogenated alkanes) is 6. The van der Waals surface area contributed by atoms with Crippen LogP contribution in [-0.2, 0) is 55.5 Å². The Kier molecular flexibility index (Phi) is 21.4. The van der Waals surface area contributed by atoms with Gasteiger partial charge in [-0.1, -0.05) is 57.4 Å². The van der Waals surface area contributed by atoms with E-state index in [0.29, 0.717) is 6.42 Å². The predicted molar refractivity (Wildman–Crippen MR) is 209 cm³/mol. The Bertz CT molecular complexity index is 2040. The maximum Gasteiger partial charge on any atom is 0.274 e. The average molecular weight is 973 g/mol. The normalized spacial score (nSPS) is 20.6. The van der Waals surface area contributed by atoms with E-state index in [9.17, 15) is 67.8 Å². The molecule has 3 heterocycles. The second-order valence-corrected chi connectivity index (χ2v) is 19.7. The molecule has 1 saturated heterocycles. The first-order chi connectivity index (χ1) is 29.4. The number of aliphatic hydroxyl groups excluding tert-OH is 2. The Labute approximate surface area is 365 Å². The second-order valence-electron chi connectivity index (χ2n) is 14.6. The molecule has 2 amide bonds. The highest BCUT2D eigenvalue weighted by molar-refractivity contribution is 8.14. The van der Waals surface area contributed by atoms with Crippen LogP contribution >= 0.6 is 35.2 Å².